The van der Waals surface area contributed by atoms with Gasteiger partial charge in [0.05, 0.1) is 4.92 Å². The van der Waals surface area contributed by atoms with Crippen LogP contribution in [0.25, 0.3) is 0 Å². The van der Waals surface area contributed by atoms with Gasteiger partial charge < -0.3 is 0 Å². The lowest BCUT2D eigenvalue weighted by Crippen LogP contribution is -2.09. The molecule has 2 bridgehead atoms. The van der Waals surface area contributed by atoms with Crippen LogP contribution in [-0.4, -0.2) is 10.7 Å². The summed E-state index contributed by atoms with van der Waals surface area (Å²) in [6.07, 6.45) is 1.48. The summed E-state index contributed by atoms with van der Waals surface area (Å²) in [5, 5.41) is 10.6. The predicted molar refractivity (Wildman–Crippen MR) is 52.8 cm³/mol. The summed E-state index contributed by atoms with van der Waals surface area (Å²) in [5.41, 5.74) is 2.13. The van der Waals surface area contributed by atoms with E-state index in [1.165, 1.54) is 6.07 Å². The number of carbonyl (C=O) groups is 1. The smallest absolute Gasteiger partial charge is 0.269 e. The van der Waals surface area contributed by atoms with Gasteiger partial charge in [0.15, 0.2) is 0 Å². The van der Waals surface area contributed by atoms with Crippen LogP contribution in [0.15, 0.2) is 18.2 Å². The third-order valence-corrected chi connectivity index (χ3v) is 3.45. The molecule has 1 saturated carbocycles. The Hall–Kier alpha value is -1.71. The van der Waals surface area contributed by atoms with Crippen LogP contribution in [0.4, 0.5) is 5.69 Å². The Morgan fingerprint density at radius 3 is 2.87 bits per heavy atom. The van der Waals surface area contributed by atoms with E-state index in [4.69, 9.17) is 0 Å². The molecule has 2 aliphatic rings. The van der Waals surface area contributed by atoms with Crippen molar-refractivity contribution >= 4 is 11.5 Å². The number of nitrogens with zero attached hydrogens (tertiary/aromatic N) is 1. The number of Topliss-reactive ketones (excluding diaryl/α,β-unsaturated/α-hetero) is 1. The molecule has 0 aliphatic heterocycles. The van der Waals surface area contributed by atoms with E-state index in [0.717, 1.165) is 17.5 Å². The zero-order valence-electron chi connectivity index (χ0n) is 7.97. The highest BCUT2D eigenvalue weighted by molar-refractivity contribution is 5.92. The molecule has 2 atom stereocenters. The molecular weight excluding hydrogens is 194 g/mol. The first kappa shape index (κ1) is 8.59. The van der Waals surface area contributed by atoms with Gasteiger partial charge in [-0.1, -0.05) is 6.07 Å². The van der Waals surface area contributed by atoms with E-state index in [2.05, 4.69) is 0 Å². The number of ketones is 1. The van der Waals surface area contributed by atoms with Gasteiger partial charge in [0.25, 0.3) is 5.69 Å². The van der Waals surface area contributed by atoms with Crippen molar-refractivity contribution in [2.75, 3.05) is 0 Å². The Morgan fingerprint density at radius 2 is 2.13 bits per heavy atom. The molecule has 2 unspecified atom stereocenters. The summed E-state index contributed by atoms with van der Waals surface area (Å²) < 4.78 is 0. The predicted octanol–water partition coefficient (Wildman–Crippen LogP) is 2.14. The first-order chi connectivity index (χ1) is 7.16. The zero-order valence-corrected chi connectivity index (χ0v) is 7.97. The van der Waals surface area contributed by atoms with Gasteiger partial charge in [0, 0.05) is 24.5 Å². The second-order valence-electron chi connectivity index (χ2n) is 4.23. The van der Waals surface area contributed by atoms with Crippen LogP contribution >= 0.6 is 0 Å². The Balaban J connectivity index is 2.14. The number of benzene rings is 1. The van der Waals surface area contributed by atoms with Crippen molar-refractivity contribution in [1.29, 1.82) is 0 Å². The molecule has 0 aromatic heterocycles. The minimum absolute atomic E-state index is 0.0649. The molecule has 0 heterocycles. The van der Waals surface area contributed by atoms with Gasteiger partial charge in [-0.05, 0) is 23.5 Å². The molecule has 3 rings (SSSR count). The Labute approximate surface area is 86.1 Å². The van der Waals surface area contributed by atoms with Crippen molar-refractivity contribution in [3.05, 3.63) is 39.4 Å². The van der Waals surface area contributed by atoms with E-state index in [-0.39, 0.29) is 17.4 Å². The second-order valence-corrected chi connectivity index (χ2v) is 4.23. The lowest BCUT2D eigenvalue weighted by Gasteiger charge is -2.13. The zero-order chi connectivity index (χ0) is 10.6. The van der Waals surface area contributed by atoms with Crippen molar-refractivity contribution in [2.24, 2.45) is 0 Å². The van der Waals surface area contributed by atoms with Crippen molar-refractivity contribution in [3.63, 3.8) is 0 Å². The van der Waals surface area contributed by atoms with E-state index >= 15 is 0 Å². The minimum Gasteiger partial charge on any atom is -0.299 e. The number of hydrogen-bond acceptors (Lipinski definition) is 3. The quantitative estimate of drug-likeness (QED) is 0.519. The fourth-order valence-corrected chi connectivity index (χ4v) is 2.77. The van der Waals surface area contributed by atoms with Crippen LogP contribution in [0.1, 0.15) is 35.8 Å². The third kappa shape index (κ3) is 1.04. The van der Waals surface area contributed by atoms with Crippen molar-refractivity contribution < 1.29 is 9.72 Å². The summed E-state index contributed by atoms with van der Waals surface area (Å²) in [4.78, 5) is 21.7. The fourth-order valence-electron chi connectivity index (χ4n) is 2.77. The van der Waals surface area contributed by atoms with E-state index < -0.39 is 4.92 Å². The first-order valence-electron chi connectivity index (χ1n) is 4.98. The van der Waals surface area contributed by atoms with Gasteiger partial charge in [-0.2, -0.15) is 0 Å². The number of nitro benzene ring substituents is 1. The van der Waals surface area contributed by atoms with E-state index in [0.29, 0.717) is 12.3 Å². The van der Waals surface area contributed by atoms with Crippen LogP contribution in [0.5, 0.6) is 0 Å². The number of hydrogen-bond donors (Lipinski definition) is 0. The molecule has 1 aromatic carbocycles. The normalized spacial score (nSPS) is 26.8. The SMILES string of the molecule is O=C1CC2CC1c1cc([N+](=O)[O-])ccc12. The van der Waals surface area contributed by atoms with E-state index in [9.17, 15) is 14.9 Å². The monoisotopic (exact) mass is 203 g/mol. The average Bonchev–Trinajstić information content (AvgIpc) is 2.74. The molecule has 76 valence electrons. The van der Waals surface area contributed by atoms with Crippen LogP contribution < -0.4 is 0 Å². The van der Waals surface area contributed by atoms with E-state index in [1.807, 2.05) is 6.07 Å². The molecule has 4 nitrogen and oxygen atoms in total. The Morgan fingerprint density at radius 1 is 1.33 bits per heavy atom. The average molecular weight is 203 g/mol. The summed E-state index contributed by atoms with van der Waals surface area (Å²) in [6, 6.07) is 4.91. The van der Waals surface area contributed by atoms with Crippen LogP contribution in [0.2, 0.25) is 0 Å². The molecule has 0 amide bonds. The fraction of sp³-hybridized carbons (Fsp3) is 0.364. The molecule has 15 heavy (non-hydrogen) atoms. The maximum atomic E-state index is 11.5. The highest BCUT2D eigenvalue weighted by Gasteiger charge is 2.43. The summed E-state index contributed by atoms with van der Waals surface area (Å²) >= 11 is 0. The summed E-state index contributed by atoms with van der Waals surface area (Å²) in [7, 11) is 0. The van der Waals surface area contributed by atoms with Crippen LogP contribution in [0, 0.1) is 10.1 Å². The van der Waals surface area contributed by atoms with Crippen LogP contribution in [0.3, 0.4) is 0 Å². The number of rotatable bonds is 1. The number of non-ortho nitro benzene ring substituents is 1. The van der Waals surface area contributed by atoms with Gasteiger partial charge in [-0.15, -0.1) is 0 Å². The molecule has 4 heteroatoms. The van der Waals surface area contributed by atoms with Gasteiger partial charge in [-0.25, -0.2) is 0 Å². The highest BCUT2D eigenvalue weighted by atomic mass is 16.6. The topological polar surface area (TPSA) is 60.2 Å². The van der Waals surface area contributed by atoms with Crippen molar-refractivity contribution in [2.45, 2.75) is 24.7 Å². The number of carbonyl (C=O) groups excluding carboxylic acids is 1. The maximum absolute atomic E-state index is 11.5. The summed E-state index contributed by atoms with van der Waals surface area (Å²) in [6.45, 7) is 0. The van der Waals surface area contributed by atoms with E-state index in [1.54, 1.807) is 6.07 Å². The maximum Gasteiger partial charge on any atom is 0.269 e. The largest absolute Gasteiger partial charge is 0.299 e. The molecule has 1 fully saturated rings. The molecular formula is C11H9NO3. The lowest BCUT2D eigenvalue weighted by molar-refractivity contribution is -0.384. The second kappa shape index (κ2) is 2.66. The Kier molecular flexibility index (Phi) is 1.52. The van der Waals surface area contributed by atoms with Gasteiger partial charge >= 0.3 is 0 Å². The molecule has 1 aromatic rings. The van der Waals surface area contributed by atoms with Gasteiger partial charge in [0.2, 0.25) is 0 Å². The summed E-state index contributed by atoms with van der Waals surface area (Å²) in [5.74, 6) is 0.496. The van der Waals surface area contributed by atoms with Crippen molar-refractivity contribution in [3.8, 4) is 0 Å². The van der Waals surface area contributed by atoms with Crippen LogP contribution in [-0.2, 0) is 4.79 Å². The number of fused-ring (bicyclic) bond motifs is 5. The highest BCUT2D eigenvalue weighted by Crippen LogP contribution is 2.51. The lowest BCUT2D eigenvalue weighted by atomic mass is 9.90. The number of nitro groups is 1. The first-order valence-corrected chi connectivity index (χ1v) is 4.98. The van der Waals surface area contributed by atoms with Gasteiger partial charge in [0.1, 0.15) is 5.78 Å². The standard InChI is InChI=1S/C11H9NO3/c13-11-4-6-3-10(11)9-5-7(12(14)15)1-2-8(6)9/h1-2,5-6,10H,3-4H2. The molecule has 0 radical (unpaired) electrons. The molecule has 0 spiro atoms. The minimum atomic E-state index is -0.406. The molecule has 0 N–H and O–H groups in total. The third-order valence-electron chi connectivity index (χ3n) is 3.45. The molecule has 2 aliphatic carbocycles. The molecule has 0 saturated heterocycles. The van der Waals surface area contributed by atoms with Gasteiger partial charge in [-0.3, -0.25) is 14.9 Å². The Bertz CT molecular complexity index is 481. The van der Waals surface area contributed by atoms with Crippen molar-refractivity contribution in [1.82, 2.24) is 0 Å².